The molecule has 0 spiro atoms. The molecule has 10 aromatic carbocycles. The average Bonchev–Trinajstić information content (AvgIpc) is 2.48. The van der Waals surface area contributed by atoms with Crippen LogP contribution in [-0.4, -0.2) is 28.2 Å². The number of nitrogens with zero attached hydrogens (tertiary/aromatic N) is 6. The third-order valence-electron chi connectivity index (χ3n) is 16.9. The maximum Gasteiger partial charge on any atom is 2.00 e. The Morgan fingerprint density at radius 2 is 0.765 bits per heavy atom. The van der Waals surface area contributed by atoms with Crippen LogP contribution in [0.5, 0.6) is 0 Å². The van der Waals surface area contributed by atoms with Crippen LogP contribution >= 0.6 is 0 Å². The normalized spacial score (nSPS) is 12.0. The Morgan fingerprint density at radius 3 is 1.33 bits per heavy atom. The van der Waals surface area contributed by atoms with E-state index in [1.54, 1.807) is 0 Å². The predicted molar refractivity (Wildman–Crippen MR) is 352 cm³/mol. The predicted octanol–water partition coefficient (Wildman–Crippen LogP) is 20.1. The summed E-state index contributed by atoms with van der Waals surface area (Å²) in [6.45, 7) is 13.5. The van der Waals surface area contributed by atoms with E-state index in [4.69, 9.17) is 9.97 Å². The zero-order valence-electron chi connectivity index (χ0n) is 48.2. The van der Waals surface area contributed by atoms with Crippen LogP contribution in [0.3, 0.4) is 0 Å². The van der Waals surface area contributed by atoms with Crippen LogP contribution in [0.1, 0.15) is 52.7 Å². The summed E-state index contributed by atoms with van der Waals surface area (Å²) in [7, 11) is 0. The zero-order chi connectivity index (χ0) is 56.8. The Hall–Kier alpha value is -9.61. The van der Waals surface area contributed by atoms with E-state index in [0.717, 1.165) is 39.4 Å². The standard InChI is InChI=1S/2C39H30N3.Pt/c1-39(2,3)27-22-23-40-37(25-27)42-35-19-10-8-15-31(35)33-24-26(20-21-36(33)42)29-16-11-17-32-30-14-7-9-18-34(30)41(38(29)32)28-12-5-4-6-13-28;1-39(2,3)27-22-23-40-37(25-27)42-33-17-9-7-14-30(33)32-24-26(20-21-35(32)42)29-16-11-19-36-38(29)31-15-8-10-18-34(31)41(36)28-12-5-4-6-13-28;/h4-18,20-25H,1-3H3;4-16,18-25H,1-3H3;/q2*-1;+2. The van der Waals surface area contributed by atoms with Crippen molar-refractivity contribution in [2.45, 2.75) is 52.4 Å². The summed E-state index contributed by atoms with van der Waals surface area (Å²) in [6.07, 6.45) is 3.85. The summed E-state index contributed by atoms with van der Waals surface area (Å²) >= 11 is 0. The molecular formula is C78H60N6Pt. The number of pyridine rings is 2. The van der Waals surface area contributed by atoms with Gasteiger partial charge in [-0.05, 0) is 128 Å². The Labute approximate surface area is 509 Å². The van der Waals surface area contributed by atoms with Gasteiger partial charge in [-0.2, -0.15) is 48.5 Å². The van der Waals surface area contributed by atoms with Gasteiger partial charge < -0.3 is 18.3 Å². The monoisotopic (exact) mass is 1280 g/mol. The van der Waals surface area contributed by atoms with Crippen LogP contribution in [0.2, 0.25) is 0 Å². The van der Waals surface area contributed by atoms with Gasteiger partial charge in [0.15, 0.2) is 0 Å². The second-order valence-corrected chi connectivity index (χ2v) is 24.1. The van der Waals surface area contributed by atoms with Crippen LogP contribution in [0, 0.1) is 12.1 Å². The minimum atomic E-state index is 0. The maximum atomic E-state index is 4.83. The SMILES string of the molecule is CC(C)(C)c1ccnc(-n2c3[c-]cccc3c3cc(-c4cccc5c4c4ccccc4n5-c4ccccc4)ccc32)c1.CC(C)(C)c1ccnc(-n2c3[c-]cccc3c3cc(-c4cccc5c6ccccc6n(-c6ccccc6)c45)ccc32)c1.[Pt+2]. The molecule has 0 fully saturated rings. The van der Waals surface area contributed by atoms with Crippen molar-refractivity contribution in [1.82, 2.24) is 28.2 Å². The van der Waals surface area contributed by atoms with Crippen LogP contribution in [0.25, 0.3) is 132 Å². The van der Waals surface area contributed by atoms with E-state index in [1.165, 1.54) is 104 Å². The van der Waals surface area contributed by atoms with Crippen molar-refractivity contribution in [1.29, 1.82) is 0 Å². The molecular weight excluding hydrogens is 1220 g/mol. The van der Waals surface area contributed by atoms with Crippen molar-refractivity contribution in [3.05, 3.63) is 278 Å². The zero-order valence-corrected chi connectivity index (χ0v) is 50.5. The minimum absolute atomic E-state index is 0. The molecule has 0 N–H and O–H groups in total. The minimum Gasteiger partial charge on any atom is -0.319 e. The maximum absolute atomic E-state index is 4.83. The first kappa shape index (κ1) is 53.4. The van der Waals surface area contributed by atoms with Crippen LogP contribution in [0.15, 0.2) is 255 Å². The Bertz CT molecular complexity index is 5210. The fourth-order valence-electron chi connectivity index (χ4n) is 12.8. The molecule has 6 aromatic heterocycles. The first-order valence-corrected chi connectivity index (χ1v) is 29.0. The topological polar surface area (TPSA) is 45.5 Å². The van der Waals surface area contributed by atoms with E-state index in [0.29, 0.717) is 0 Å². The third-order valence-corrected chi connectivity index (χ3v) is 16.9. The van der Waals surface area contributed by atoms with Gasteiger partial charge in [-0.25, -0.2) is 9.97 Å². The summed E-state index contributed by atoms with van der Waals surface area (Å²) in [6, 6.07) is 94.0. The molecule has 412 valence electrons. The van der Waals surface area contributed by atoms with Crippen molar-refractivity contribution in [3.63, 3.8) is 0 Å². The molecule has 0 saturated carbocycles. The van der Waals surface area contributed by atoms with E-state index in [1.807, 2.05) is 24.5 Å². The first-order chi connectivity index (χ1) is 41.0. The van der Waals surface area contributed by atoms with Crippen molar-refractivity contribution in [2.24, 2.45) is 0 Å². The van der Waals surface area contributed by atoms with Gasteiger partial charge in [-0.3, -0.25) is 0 Å². The van der Waals surface area contributed by atoms with Gasteiger partial charge in [0.05, 0.1) is 22.1 Å². The van der Waals surface area contributed by atoms with Gasteiger partial charge in [-0.15, -0.1) is 10.8 Å². The van der Waals surface area contributed by atoms with Gasteiger partial charge in [0.25, 0.3) is 0 Å². The molecule has 6 heterocycles. The van der Waals surface area contributed by atoms with Gasteiger partial charge >= 0.3 is 21.1 Å². The summed E-state index contributed by atoms with van der Waals surface area (Å²) in [5, 5.41) is 9.79. The Balaban J connectivity index is 0.000000149. The van der Waals surface area contributed by atoms with E-state index < -0.39 is 0 Å². The van der Waals surface area contributed by atoms with E-state index in [-0.39, 0.29) is 31.9 Å². The second kappa shape index (κ2) is 20.9. The molecule has 85 heavy (non-hydrogen) atoms. The van der Waals surface area contributed by atoms with Gasteiger partial charge in [0.1, 0.15) is 11.6 Å². The van der Waals surface area contributed by atoms with Gasteiger partial charge in [0.2, 0.25) is 0 Å². The number of benzene rings is 10. The van der Waals surface area contributed by atoms with Crippen molar-refractivity contribution in [2.75, 3.05) is 0 Å². The smallest absolute Gasteiger partial charge is 0.319 e. The average molecular weight is 1280 g/mol. The number of aromatic nitrogens is 6. The van der Waals surface area contributed by atoms with Gasteiger partial charge in [-0.1, -0.05) is 180 Å². The van der Waals surface area contributed by atoms with Crippen molar-refractivity contribution < 1.29 is 21.1 Å². The Kier molecular flexibility index (Phi) is 13.1. The van der Waals surface area contributed by atoms with Crippen molar-refractivity contribution >= 4 is 87.2 Å². The summed E-state index contributed by atoms with van der Waals surface area (Å²) in [4.78, 5) is 9.65. The molecule has 0 unspecified atom stereocenters. The summed E-state index contributed by atoms with van der Waals surface area (Å²) in [5.74, 6) is 1.84. The summed E-state index contributed by atoms with van der Waals surface area (Å²) in [5.41, 5.74) is 18.9. The Morgan fingerprint density at radius 1 is 0.329 bits per heavy atom. The molecule has 0 aliphatic rings. The summed E-state index contributed by atoms with van der Waals surface area (Å²) < 4.78 is 9.29. The van der Waals surface area contributed by atoms with Crippen LogP contribution in [0.4, 0.5) is 0 Å². The van der Waals surface area contributed by atoms with Gasteiger partial charge in [0, 0.05) is 61.9 Å². The number of hydrogen-bond acceptors (Lipinski definition) is 2. The molecule has 0 amide bonds. The number of fused-ring (bicyclic) bond motifs is 12. The molecule has 0 aliphatic heterocycles. The molecule has 0 bridgehead atoms. The molecule has 16 aromatic rings. The second-order valence-electron chi connectivity index (χ2n) is 24.1. The molecule has 0 atom stereocenters. The fraction of sp³-hybridized carbons (Fsp3) is 0.103. The van der Waals surface area contributed by atoms with Crippen molar-refractivity contribution in [3.8, 4) is 45.3 Å². The van der Waals surface area contributed by atoms with Crippen LogP contribution in [-0.2, 0) is 31.9 Å². The fourth-order valence-corrected chi connectivity index (χ4v) is 12.8. The number of hydrogen-bond donors (Lipinski definition) is 0. The molecule has 0 aliphatic carbocycles. The van der Waals surface area contributed by atoms with Crippen LogP contribution < -0.4 is 0 Å². The van der Waals surface area contributed by atoms with E-state index in [9.17, 15) is 0 Å². The first-order valence-electron chi connectivity index (χ1n) is 29.0. The number of rotatable bonds is 6. The molecule has 0 radical (unpaired) electrons. The quantitative estimate of drug-likeness (QED) is 0.156. The molecule has 7 heteroatoms. The molecule has 0 saturated heterocycles. The van der Waals surface area contributed by atoms with E-state index in [2.05, 4.69) is 302 Å². The third kappa shape index (κ3) is 8.98. The molecule has 6 nitrogen and oxygen atoms in total. The largest absolute Gasteiger partial charge is 2.00 e. The molecule has 16 rings (SSSR count). The number of para-hydroxylation sites is 7. The van der Waals surface area contributed by atoms with E-state index >= 15 is 0 Å².